The van der Waals surface area contributed by atoms with Crippen LogP contribution in [-0.2, 0) is 14.3 Å². The number of benzene rings is 1. The lowest BCUT2D eigenvalue weighted by Crippen LogP contribution is -2.49. The SMILES string of the molecule is COCCCCOc1ccccc1C(=O)N(Cl)C[C@@H](C[C@H](N)[C@@H](O)CNC(=O)C(C)(C)C1CCOCC1)C(C)C. The molecule has 9 nitrogen and oxygen atoms in total. The number of methoxy groups -OCH3 is 1. The second-order valence-corrected chi connectivity index (χ2v) is 12.1. The third-order valence-electron chi connectivity index (χ3n) is 8.04. The zero-order valence-electron chi connectivity index (χ0n) is 24.9. The first-order chi connectivity index (χ1) is 19.0. The van der Waals surface area contributed by atoms with E-state index in [1.54, 1.807) is 25.3 Å². The van der Waals surface area contributed by atoms with Crippen molar-refractivity contribution in [2.45, 2.75) is 71.9 Å². The summed E-state index contributed by atoms with van der Waals surface area (Å²) in [7, 11) is 1.66. The van der Waals surface area contributed by atoms with Gasteiger partial charge >= 0.3 is 0 Å². The number of aliphatic hydroxyl groups is 1. The maximum absolute atomic E-state index is 13.2. The van der Waals surface area contributed by atoms with Crippen molar-refractivity contribution in [3.8, 4) is 5.75 Å². The van der Waals surface area contributed by atoms with Crippen LogP contribution in [-0.4, -0.2) is 80.1 Å². The Kier molecular flexibility index (Phi) is 14.7. The van der Waals surface area contributed by atoms with Gasteiger partial charge in [0, 0.05) is 63.3 Å². The molecule has 0 saturated carbocycles. The molecule has 1 aliphatic heterocycles. The van der Waals surface area contributed by atoms with Gasteiger partial charge in [0.25, 0.3) is 5.91 Å². The van der Waals surface area contributed by atoms with Crippen LogP contribution in [0.4, 0.5) is 0 Å². The second-order valence-electron chi connectivity index (χ2n) is 11.7. The molecule has 0 aliphatic carbocycles. The zero-order valence-corrected chi connectivity index (χ0v) is 25.6. The highest BCUT2D eigenvalue weighted by molar-refractivity contribution is 6.24. The molecule has 1 aliphatic rings. The fourth-order valence-corrected chi connectivity index (χ4v) is 5.23. The van der Waals surface area contributed by atoms with E-state index in [1.807, 2.05) is 33.8 Å². The van der Waals surface area contributed by atoms with Crippen LogP contribution < -0.4 is 15.8 Å². The number of hydrogen-bond acceptors (Lipinski definition) is 7. The van der Waals surface area contributed by atoms with Crippen LogP contribution in [0.2, 0.25) is 0 Å². The lowest BCUT2D eigenvalue weighted by atomic mass is 9.74. The second kappa shape index (κ2) is 17.1. The summed E-state index contributed by atoms with van der Waals surface area (Å²) in [4.78, 5) is 26.2. The summed E-state index contributed by atoms with van der Waals surface area (Å²) in [5.41, 5.74) is 6.21. The molecule has 1 heterocycles. The summed E-state index contributed by atoms with van der Waals surface area (Å²) in [6.07, 6.45) is 2.88. The van der Waals surface area contributed by atoms with Crippen LogP contribution in [0.1, 0.15) is 70.2 Å². The summed E-state index contributed by atoms with van der Waals surface area (Å²) in [6, 6.07) is 6.46. The van der Waals surface area contributed by atoms with Gasteiger partial charge in [-0.15, -0.1) is 0 Å². The number of aliphatic hydroxyl groups excluding tert-OH is 1. The van der Waals surface area contributed by atoms with Crippen molar-refractivity contribution in [1.29, 1.82) is 0 Å². The standard InChI is InChI=1S/C30H50ClN3O6/c1-21(2)22(18-25(32)26(35)19-33-29(37)30(3,4)23-12-16-39-17-13-23)20-34(31)28(36)24-10-6-7-11-27(24)40-15-9-8-14-38-5/h6-7,10-11,21-23,25-26,35H,8-9,12-20,32H2,1-5H3,(H,33,37)/t22-,25+,26+/m1/s1. The number of carbonyl (C=O) groups is 2. The van der Waals surface area contributed by atoms with Crippen LogP contribution in [0, 0.1) is 23.2 Å². The molecule has 10 heteroatoms. The average Bonchev–Trinajstić information content (AvgIpc) is 2.95. The monoisotopic (exact) mass is 583 g/mol. The molecule has 228 valence electrons. The lowest BCUT2D eigenvalue weighted by Gasteiger charge is -2.36. The number of nitrogens with one attached hydrogen (secondary N) is 1. The largest absolute Gasteiger partial charge is 0.493 e. The van der Waals surface area contributed by atoms with Crippen molar-refractivity contribution in [3.63, 3.8) is 0 Å². The Labute approximate surface area is 245 Å². The number of amides is 2. The number of rotatable bonds is 17. The van der Waals surface area contributed by atoms with Gasteiger partial charge < -0.3 is 30.4 Å². The molecule has 1 fully saturated rings. The first-order valence-corrected chi connectivity index (χ1v) is 14.8. The van der Waals surface area contributed by atoms with E-state index in [0.29, 0.717) is 44.2 Å². The minimum Gasteiger partial charge on any atom is -0.493 e. The number of halogens is 1. The minimum absolute atomic E-state index is 0.0656. The Morgan fingerprint density at radius 1 is 1.20 bits per heavy atom. The maximum atomic E-state index is 13.2. The predicted octanol–water partition coefficient (Wildman–Crippen LogP) is 4.01. The van der Waals surface area contributed by atoms with Gasteiger partial charge in [-0.2, -0.15) is 0 Å². The highest BCUT2D eigenvalue weighted by Gasteiger charge is 2.38. The Morgan fingerprint density at radius 2 is 1.85 bits per heavy atom. The first-order valence-electron chi connectivity index (χ1n) is 14.5. The third-order valence-corrected chi connectivity index (χ3v) is 8.34. The zero-order chi connectivity index (χ0) is 29.7. The normalized spacial score (nSPS) is 16.8. The summed E-state index contributed by atoms with van der Waals surface area (Å²) in [5, 5.41) is 13.7. The van der Waals surface area contributed by atoms with E-state index in [9.17, 15) is 14.7 Å². The molecule has 2 amide bonds. The highest BCUT2D eigenvalue weighted by atomic mass is 35.5. The van der Waals surface area contributed by atoms with Crippen LogP contribution in [0.15, 0.2) is 24.3 Å². The molecular weight excluding hydrogens is 534 g/mol. The van der Waals surface area contributed by atoms with E-state index in [2.05, 4.69) is 5.32 Å². The Hall–Kier alpha value is -1.91. The Morgan fingerprint density at radius 3 is 2.50 bits per heavy atom. The maximum Gasteiger partial charge on any atom is 0.271 e. The van der Waals surface area contributed by atoms with Crippen molar-refractivity contribution in [2.24, 2.45) is 28.9 Å². The molecule has 0 bridgehead atoms. The van der Waals surface area contributed by atoms with E-state index in [4.69, 9.17) is 31.7 Å². The molecule has 1 aromatic carbocycles. The van der Waals surface area contributed by atoms with Gasteiger partial charge in [0.05, 0.1) is 18.3 Å². The highest BCUT2D eigenvalue weighted by Crippen LogP contribution is 2.34. The number of nitrogens with zero attached hydrogens (tertiary/aromatic N) is 1. The molecule has 1 aromatic rings. The van der Waals surface area contributed by atoms with Crippen LogP contribution in [0.25, 0.3) is 0 Å². The average molecular weight is 584 g/mol. The summed E-state index contributed by atoms with van der Waals surface area (Å²) in [6.45, 7) is 10.7. The van der Waals surface area contributed by atoms with Crippen LogP contribution in [0.5, 0.6) is 5.75 Å². The molecule has 3 atom stereocenters. The number of carbonyl (C=O) groups excluding carboxylic acids is 2. The minimum atomic E-state index is -0.928. The van der Waals surface area contributed by atoms with Gasteiger partial charge in [0.2, 0.25) is 5.91 Å². The summed E-state index contributed by atoms with van der Waals surface area (Å²) >= 11 is 6.51. The van der Waals surface area contributed by atoms with Crippen molar-refractivity contribution >= 4 is 23.6 Å². The molecular formula is C30H50ClN3O6. The van der Waals surface area contributed by atoms with Gasteiger partial charge in [0.15, 0.2) is 0 Å². The van der Waals surface area contributed by atoms with Crippen molar-refractivity contribution in [2.75, 3.05) is 46.6 Å². The van der Waals surface area contributed by atoms with Crippen LogP contribution >= 0.6 is 11.8 Å². The number of hydrogen-bond donors (Lipinski definition) is 3. The molecule has 40 heavy (non-hydrogen) atoms. The van der Waals surface area contributed by atoms with E-state index < -0.39 is 17.6 Å². The topological polar surface area (TPSA) is 123 Å². The van der Waals surface area contributed by atoms with Gasteiger partial charge in [0.1, 0.15) is 5.75 Å². The fraction of sp³-hybridized carbons (Fsp3) is 0.733. The van der Waals surface area contributed by atoms with E-state index in [0.717, 1.165) is 25.7 Å². The third kappa shape index (κ3) is 10.5. The molecule has 0 spiro atoms. The van der Waals surface area contributed by atoms with Crippen LogP contribution in [0.3, 0.4) is 0 Å². The number of unbranched alkanes of at least 4 members (excludes halogenated alkanes) is 1. The smallest absolute Gasteiger partial charge is 0.271 e. The van der Waals surface area contributed by atoms with Gasteiger partial charge in [-0.3, -0.25) is 14.0 Å². The fourth-order valence-electron chi connectivity index (χ4n) is 4.96. The van der Waals surface area contributed by atoms with Crippen molar-refractivity contribution in [1.82, 2.24) is 9.74 Å². The molecule has 0 radical (unpaired) electrons. The van der Waals surface area contributed by atoms with Crippen molar-refractivity contribution < 1.29 is 28.9 Å². The van der Waals surface area contributed by atoms with Gasteiger partial charge in [-0.05, 0) is 62.0 Å². The molecule has 4 N–H and O–H groups in total. The van der Waals surface area contributed by atoms with E-state index in [-0.39, 0.29) is 42.7 Å². The molecule has 0 unspecified atom stereocenters. The van der Waals surface area contributed by atoms with E-state index in [1.165, 1.54) is 4.42 Å². The summed E-state index contributed by atoms with van der Waals surface area (Å²) in [5.74, 6) is 0.364. The quantitative estimate of drug-likeness (QED) is 0.187. The first kappa shape index (κ1) is 34.3. The summed E-state index contributed by atoms with van der Waals surface area (Å²) < 4.78 is 17.5. The molecule has 1 saturated heterocycles. The number of ether oxygens (including phenoxy) is 3. The number of para-hydroxylation sites is 1. The molecule has 2 rings (SSSR count). The van der Waals surface area contributed by atoms with E-state index >= 15 is 0 Å². The predicted molar refractivity (Wildman–Crippen MR) is 157 cm³/mol. The van der Waals surface area contributed by atoms with Gasteiger partial charge in [-0.1, -0.05) is 39.8 Å². The van der Waals surface area contributed by atoms with Gasteiger partial charge in [-0.25, -0.2) is 0 Å². The Bertz CT molecular complexity index is 909. The van der Waals surface area contributed by atoms with Crippen molar-refractivity contribution in [3.05, 3.63) is 29.8 Å². The lowest BCUT2D eigenvalue weighted by molar-refractivity contribution is -0.134. The Balaban J connectivity index is 1.92. The number of nitrogens with two attached hydrogens (primary N) is 1. The molecule has 0 aromatic heterocycles.